The zero-order chi connectivity index (χ0) is 28.8. The molecule has 3 aliphatic heterocycles. The first-order chi connectivity index (χ1) is 17.7. The minimum atomic E-state index is -1.01. The molecule has 3 rings (SSSR count). The lowest BCUT2D eigenvalue weighted by Gasteiger charge is -2.31. The Morgan fingerprint density at radius 1 is 0.816 bits per heavy atom. The first-order valence-corrected chi connectivity index (χ1v) is 13.1. The van der Waals surface area contributed by atoms with E-state index in [-0.39, 0.29) is 19.2 Å². The highest BCUT2D eigenvalue weighted by Crippen LogP contribution is 2.12. The molecular formula is C26H48N2O10. The van der Waals surface area contributed by atoms with Crippen molar-refractivity contribution < 1.29 is 48.6 Å². The molecule has 2 saturated heterocycles. The number of hydrogen-bond donors (Lipinski definition) is 3. The highest BCUT2D eigenvalue weighted by molar-refractivity contribution is 5.68. The molecule has 2 amide bonds. The van der Waals surface area contributed by atoms with Crippen molar-refractivity contribution in [1.29, 1.82) is 0 Å². The van der Waals surface area contributed by atoms with E-state index in [0.29, 0.717) is 39.5 Å². The Morgan fingerprint density at radius 2 is 1.39 bits per heavy atom. The molecular weight excluding hydrogens is 500 g/mol. The molecule has 0 bridgehead atoms. The standard InChI is InChI=1S/C11H21NO5.C11H19NO3.C4H8O2/c1-11(2,3)17-10(15)12-4-5-16-7-9(14)8(13)6-12;1-11(2,3)15-10(13)12-6-4-5-8-14-9-7-12;5-4-2-1-3-6-4/h8-9,13-14H,4-7H2,1-3H3;4-5H,6-9H2,1-3H3;4-5H,1-3H2/b;5-4-;/t8-,9+;;/m0../s1. The maximum Gasteiger partial charge on any atom is 0.410 e. The Labute approximate surface area is 226 Å². The molecule has 12 heteroatoms. The molecule has 0 aromatic heterocycles. The molecule has 0 radical (unpaired) electrons. The molecule has 12 nitrogen and oxygen atoms in total. The zero-order valence-corrected chi connectivity index (χ0v) is 23.8. The third-order valence-electron chi connectivity index (χ3n) is 5.07. The molecule has 3 atom stereocenters. The van der Waals surface area contributed by atoms with Crippen LogP contribution < -0.4 is 0 Å². The molecule has 2 fully saturated rings. The highest BCUT2D eigenvalue weighted by Gasteiger charge is 2.28. The molecule has 3 aliphatic rings. The summed E-state index contributed by atoms with van der Waals surface area (Å²) in [5.74, 6) is 0. The summed E-state index contributed by atoms with van der Waals surface area (Å²) in [7, 11) is 0. The first kappa shape index (κ1) is 34.1. The molecule has 222 valence electrons. The van der Waals surface area contributed by atoms with Crippen molar-refractivity contribution in [3.8, 4) is 0 Å². The average Bonchev–Trinajstić information content (AvgIpc) is 3.23. The van der Waals surface area contributed by atoms with E-state index in [1.807, 2.05) is 32.9 Å². The molecule has 3 N–H and O–H groups in total. The van der Waals surface area contributed by atoms with Crippen LogP contribution in [0.4, 0.5) is 9.59 Å². The fraction of sp³-hybridized carbons (Fsp3) is 0.846. The summed E-state index contributed by atoms with van der Waals surface area (Å²) in [5, 5.41) is 27.6. The van der Waals surface area contributed by atoms with Crippen molar-refractivity contribution >= 4 is 12.2 Å². The number of nitrogens with zero attached hydrogens (tertiary/aromatic N) is 2. The van der Waals surface area contributed by atoms with Crippen LogP contribution in [0.25, 0.3) is 0 Å². The zero-order valence-electron chi connectivity index (χ0n) is 23.8. The molecule has 1 unspecified atom stereocenters. The SMILES string of the molecule is CC(C)(C)OC(=O)N1C/C=C\COCC1.CC(C)(C)OC(=O)N1CCOC[C@@H](O)[C@@H](O)C1.OC1CCCO1. The Kier molecular flexibility index (Phi) is 15.1. The largest absolute Gasteiger partial charge is 0.444 e. The van der Waals surface area contributed by atoms with E-state index < -0.39 is 35.8 Å². The van der Waals surface area contributed by atoms with Gasteiger partial charge in [0.05, 0.1) is 39.1 Å². The van der Waals surface area contributed by atoms with Crippen molar-refractivity contribution in [3.63, 3.8) is 0 Å². The molecule has 38 heavy (non-hydrogen) atoms. The quantitative estimate of drug-likeness (QED) is 0.383. The van der Waals surface area contributed by atoms with Gasteiger partial charge in [0.2, 0.25) is 0 Å². The van der Waals surface area contributed by atoms with E-state index >= 15 is 0 Å². The van der Waals surface area contributed by atoms with Gasteiger partial charge < -0.3 is 48.8 Å². The van der Waals surface area contributed by atoms with Gasteiger partial charge in [-0.05, 0) is 48.0 Å². The third-order valence-corrected chi connectivity index (χ3v) is 5.07. The van der Waals surface area contributed by atoms with E-state index in [1.165, 1.54) is 4.90 Å². The van der Waals surface area contributed by atoms with Crippen molar-refractivity contribution in [2.75, 3.05) is 59.2 Å². The molecule has 0 aliphatic carbocycles. The Morgan fingerprint density at radius 3 is 1.92 bits per heavy atom. The maximum atomic E-state index is 11.8. The van der Waals surface area contributed by atoms with Gasteiger partial charge in [-0.3, -0.25) is 0 Å². The van der Waals surface area contributed by atoms with Gasteiger partial charge in [0, 0.05) is 32.7 Å². The summed E-state index contributed by atoms with van der Waals surface area (Å²) in [4.78, 5) is 26.5. The van der Waals surface area contributed by atoms with E-state index in [0.717, 1.165) is 19.4 Å². The highest BCUT2D eigenvalue weighted by atomic mass is 16.6. The van der Waals surface area contributed by atoms with E-state index in [1.54, 1.807) is 25.7 Å². The van der Waals surface area contributed by atoms with Crippen LogP contribution in [-0.4, -0.2) is 126 Å². The number of ether oxygens (including phenoxy) is 5. The van der Waals surface area contributed by atoms with Crippen LogP contribution in [-0.2, 0) is 23.7 Å². The Balaban J connectivity index is 0.000000313. The number of amides is 2. The number of carbonyl (C=O) groups excluding carboxylic acids is 2. The number of hydrogen-bond acceptors (Lipinski definition) is 10. The summed E-state index contributed by atoms with van der Waals surface area (Å²) in [6, 6.07) is 0. The smallest absolute Gasteiger partial charge is 0.410 e. The van der Waals surface area contributed by atoms with E-state index in [4.69, 9.17) is 28.8 Å². The Bertz CT molecular complexity index is 714. The van der Waals surface area contributed by atoms with Gasteiger partial charge in [0.25, 0.3) is 0 Å². The second-order valence-corrected chi connectivity index (χ2v) is 11.1. The predicted octanol–water partition coefficient (Wildman–Crippen LogP) is 1.90. The lowest BCUT2D eigenvalue weighted by molar-refractivity contribution is -0.0729. The van der Waals surface area contributed by atoms with Crippen LogP contribution >= 0.6 is 0 Å². The molecule has 0 aromatic rings. The van der Waals surface area contributed by atoms with E-state index in [2.05, 4.69) is 0 Å². The summed E-state index contributed by atoms with van der Waals surface area (Å²) in [5.41, 5.74) is -1.02. The molecule has 0 spiro atoms. The van der Waals surface area contributed by atoms with Crippen molar-refractivity contribution in [2.24, 2.45) is 0 Å². The van der Waals surface area contributed by atoms with Gasteiger partial charge in [-0.2, -0.15) is 0 Å². The van der Waals surface area contributed by atoms with E-state index in [9.17, 15) is 19.8 Å². The lowest BCUT2D eigenvalue weighted by Crippen LogP contribution is -2.48. The van der Waals surface area contributed by atoms with Crippen LogP contribution in [0, 0.1) is 0 Å². The normalized spacial score (nSPS) is 25.7. The first-order valence-electron chi connectivity index (χ1n) is 13.1. The second-order valence-electron chi connectivity index (χ2n) is 11.1. The number of carbonyl (C=O) groups is 2. The predicted molar refractivity (Wildman–Crippen MR) is 140 cm³/mol. The fourth-order valence-corrected chi connectivity index (χ4v) is 3.16. The van der Waals surface area contributed by atoms with Gasteiger partial charge >= 0.3 is 12.2 Å². The van der Waals surface area contributed by atoms with Gasteiger partial charge in [0.1, 0.15) is 17.3 Å². The van der Waals surface area contributed by atoms with Crippen LogP contribution in [0.2, 0.25) is 0 Å². The topological polar surface area (TPSA) is 147 Å². The van der Waals surface area contributed by atoms with Crippen molar-refractivity contribution in [3.05, 3.63) is 12.2 Å². The Hall–Kier alpha value is -1.96. The third kappa shape index (κ3) is 16.1. The summed E-state index contributed by atoms with van der Waals surface area (Å²) in [6.45, 7) is 14.8. The van der Waals surface area contributed by atoms with Gasteiger partial charge in [-0.1, -0.05) is 12.2 Å². The minimum Gasteiger partial charge on any atom is -0.444 e. The van der Waals surface area contributed by atoms with Crippen LogP contribution in [0.3, 0.4) is 0 Å². The van der Waals surface area contributed by atoms with Crippen LogP contribution in [0.1, 0.15) is 54.4 Å². The maximum absolute atomic E-state index is 11.8. The molecule has 0 saturated carbocycles. The van der Waals surface area contributed by atoms with Gasteiger partial charge in [0.15, 0.2) is 6.29 Å². The number of aliphatic hydroxyl groups excluding tert-OH is 3. The minimum absolute atomic E-state index is 0.0550. The van der Waals surface area contributed by atoms with Gasteiger partial charge in [-0.15, -0.1) is 0 Å². The average molecular weight is 549 g/mol. The van der Waals surface area contributed by atoms with Crippen LogP contribution in [0.5, 0.6) is 0 Å². The molecule has 3 heterocycles. The van der Waals surface area contributed by atoms with Crippen LogP contribution in [0.15, 0.2) is 12.2 Å². The van der Waals surface area contributed by atoms with Crippen molar-refractivity contribution in [2.45, 2.75) is 84.1 Å². The summed E-state index contributed by atoms with van der Waals surface area (Å²) >= 11 is 0. The number of aliphatic hydroxyl groups is 3. The van der Waals surface area contributed by atoms with Crippen molar-refractivity contribution in [1.82, 2.24) is 9.80 Å². The lowest BCUT2D eigenvalue weighted by atomic mass is 10.2. The summed E-state index contributed by atoms with van der Waals surface area (Å²) in [6.07, 6.45) is 2.45. The number of β-amino-alcohol motifs (C(OH)–C–C–N with tert-alkyl or cyclic N) is 1. The molecule has 0 aromatic carbocycles. The summed E-state index contributed by atoms with van der Waals surface area (Å²) < 4.78 is 25.5. The van der Waals surface area contributed by atoms with Gasteiger partial charge in [-0.25, -0.2) is 9.59 Å². The fourth-order valence-electron chi connectivity index (χ4n) is 3.16. The monoisotopic (exact) mass is 548 g/mol. The number of rotatable bonds is 0. The second kappa shape index (κ2) is 16.9.